The van der Waals surface area contributed by atoms with E-state index in [1.165, 1.54) is 23.1 Å². The Morgan fingerprint density at radius 3 is 2.60 bits per heavy atom. The van der Waals surface area contributed by atoms with Crippen LogP contribution in [0.5, 0.6) is 0 Å². The van der Waals surface area contributed by atoms with E-state index in [0.717, 1.165) is 16.5 Å². The Balaban J connectivity index is 1.58. The number of fused-ring (bicyclic) bond motifs is 2. The van der Waals surface area contributed by atoms with Gasteiger partial charge < -0.3 is 10.7 Å². The summed E-state index contributed by atoms with van der Waals surface area (Å²) in [5.41, 5.74) is 8.08. The number of nitrogens with zero attached hydrogens (tertiary/aromatic N) is 1. The van der Waals surface area contributed by atoms with Crippen molar-refractivity contribution in [3.05, 3.63) is 70.9 Å². The fourth-order valence-corrected chi connectivity index (χ4v) is 3.22. The Kier molecular flexibility index (Phi) is 3.39. The molecule has 0 bridgehead atoms. The van der Waals surface area contributed by atoms with Crippen LogP contribution in [-0.4, -0.2) is 34.2 Å². The molecule has 4 rings (SSSR count). The number of para-hydroxylation sites is 1. The van der Waals surface area contributed by atoms with E-state index in [9.17, 15) is 14.4 Å². The van der Waals surface area contributed by atoms with Crippen LogP contribution in [0.3, 0.4) is 0 Å². The maximum absolute atomic E-state index is 12.6. The van der Waals surface area contributed by atoms with Gasteiger partial charge in [-0.2, -0.15) is 0 Å². The monoisotopic (exact) mass is 333 g/mol. The number of carbonyl (C=O) groups is 3. The Hall–Kier alpha value is -3.41. The van der Waals surface area contributed by atoms with E-state index in [1.54, 1.807) is 0 Å². The number of nitrogens with two attached hydrogens (primary N) is 1. The topological polar surface area (TPSA) is 96.3 Å². The van der Waals surface area contributed by atoms with Gasteiger partial charge in [-0.3, -0.25) is 19.3 Å². The second kappa shape index (κ2) is 5.59. The average molecular weight is 333 g/mol. The lowest BCUT2D eigenvalue weighted by Crippen LogP contribution is -2.31. The van der Waals surface area contributed by atoms with Gasteiger partial charge in [0.25, 0.3) is 11.8 Å². The third-order valence-electron chi connectivity index (χ3n) is 4.53. The molecule has 0 spiro atoms. The molecule has 2 aromatic carbocycles. The van der Waals surface area contributed by atoms with Crippen molar-refractivity contribution in [2.75, 3.05) is 6.54 Å². The largest absolute Gasteiger partial charge is 0.366 e. The molecule has 2 heterocycles. The molecule has 6 heteroatoms. The quantitative estimate of drug-likeness (QED) is 0.716. The Bertz CT molecular complexity index is 1040. The molecule has 3 amide bonds. The lowest BCUT2D eigenvalue weighted by Gasteiger charge is -2.13. The van der Waals surface area contributed by atoms with Crippen LogP contribution in [0.4, 0.5) is 0 Å². The summed E-state index contributed by atoms with van der Waals surface area (Å²) in [5, 5.41) is 1.08. The minimum Gasteiger partial charge on any atom is -0.366 e. The van der Waals surface area contributed by atoms with E-state index in [1.807, 2.05) is 30.5 Å². The number of carbonyl (C=O) groups excluding carboxylic acids is 3. The van der Waals surface area contributed by atoms with Crippen LogP contribution < -0.4 is 5.73 Å². The van der Waals surface area contributed by atoms with Crippen molar-refractivity contribution in [3.63, 3.8) is 0 Å². The number of nitrogens with one attached hydrogen (secondary N) is 1. The first-order chi connectivity index (χ1) is 12.1. The molecule has 3 aromatic rings. The van der Waals surface area contributed by atoms with E-state index in [0.29, 0.717) is 12.0 Å². The van der Waals surface area contributed by atoms with Gasteiger partial charge >= 0.3 is 0 Å². The molecular weight excluding hydrogens is 318 g/mol. The number of imide groups is 1. The summed E-state index contributed by atoms with van der Waals surface area (Å²) in [6, 6.07) is 12.2. The van der Waals surface area contributed by atoms with Gasteiger partial charge in [0.05, 0.1) is 11.1 Å². The van der Waals surface area contributed by atoms with Gasteiger partial charge in [0.15, 0.2) is 0 Å². The van der Waals surface area contributed by atoms with Crippen molar-refractivity contribution >= 4 is 28.6 Å². The molecule has 1 aliphatic rings. The summed E-state index contributed by atoms with van der Waals surface area (Å²) in [4.78, 5) is 40.7. The van der Waals surface area contributed by atoms with Crippen LogP contribution in [0.1, 0.15) is 36.6 Å². The molecular formula is C19H15N3O3. The summed E-state index contributed by atoms with van der Waals surface area (Å²) in [7, 11) is 0. The van der Waals surface area contributed by atoms with E-state index in [2.05, 4.69) is 4.98 Å². The third-order valence-corrected chi connectivity index (χ3v) is 4.53. The molecule has 3 N–H and O–H groups in total. The van der Waals surface area contributed by atoms with E-state index in [-0.39, 0.29) is 29.5 Å². The number of benzene rings is 2. The lowest BCUT2D eigenvalue weighted by molar-refractivity contribution is 0.0656. The number of rotatable bonds is 4. The highest BCUT2D eigenvalue weighted by Gasteiger charge is 2.35. The molecule has 6 nitrogen and oxygen atoms in total. The van der Waals surface area contributed by atoms with Crippen LogP contribution in [-0.2, 0) is 6.42 Å². The molecule has 124 valence electrons. The number of primary amides is 1. The highest BCUT2D eigenvalue weighted by atomic mass is 16.2. The van der Waals surface area contributed by atoms with E-state index in [4.69, 9.17) is 5.73 Å². The predicted molar refractivity (Wildman–Crippen MR) is 92.3 cm³/mol. The number of aromatic amines is 1. The van der Waals surface area contributed by atoms with Gasteiger partial charge in [-0.15, -0.1) is 0 Å². The smallest absolute Gasteiger partial charge is 0.261 e. The van der Waals surface area contributed by atoms with Crippen LogP contribution in [0, 0.1) is 0 Å². The fraction of sp³-hybridized carbons (Fsp3) is 0.105. The zero-order valence-corrected chi connectivity index (χ0v) is 13.3. The molecule has 25 heavy (non-hydrogen) atoms. The molecule has 0 radical (unpaired) electrons. The van der Waals surface area contributed by atoms with Crippen LogP contribution in [0.2, 0.25) is 0 Å². The van der Waals surface area contributed by atoms with Gasteiger partial charge in [-0.05, 0) is 36.2 Å². The summed E-state index contributed by atoms with van der Waals surface area (Å²) in [5.74, 6) is -1.35. The number of aromatic nitrogens is 1. The zero-order valence-electron chi connectivity index (χ0n) is 13.3. The van der Waals surface area contributed by atoms with Crippen molar-refractivity contribution in [2.45, 2.75) is 6.42 Å². The van der Waals surface area contributed by atoms with Gasteiger partial charge in [-0.25, -0.2) is 0 Å². The third kappa shape index (κ3) is 2.39. The average Bonchev–Trinajstić information content (AvgIpc) is 3.13. The summed E-state index contributed by atoms with van der Waals surface area (Å²) in [6.45, 7) is 0.278. The minimum atomic E-state index is -0.625. The van der Waals surface area contributed by atoms with Crippen molar-refractivity contribution in [2.24, 2.45) is 5.73 Å². The van der Waals surface area contributed by atoms with Crippen molar-refractivity contribution < 1.29 is 14.4 Å². The van der Waals surface area contributed by atoms with E-state index < -0.39 is 5.91 Å². The Morgan fingerprint density at radius 2 is 1.80 bits per heavy atom. The summed E-state index contributed by atoms with van der Waals surface area (Å²) in [6.07, 6.45) is 2.45. The lowest BCUT2D eigenvalue weighted by atomic mass is 10.1. The molecule has 0 atom stereocenters. The Morgan fingerprint density at radius 1 is 1.04 bits per heavy atom. The zero-order chi connectivity index (χ0) is 17.6. The van der Waals surface area contributed by atoms with Crippen LogP contribution >= 0.6 is 0 Å². The second-order valence-corrected chi connectivity index (χ2v) is 6.00. The standard InChI is InChI=1S/C19H15N3O3/c20-17(23)11-5-6-14-15(9-11)19(25)22(18(14)24)8-7-12-10-21-16-4-2-1-3-13(12)16/h1-6,9-10,21H,7-8H2,(H2,20,23). The van der Waals surface area contributed by atoms with Crippen LogP contribution in [0.15, 0.2) is 48.7 Å². The first-order valence-electron chi connectivity index (χ1n) is 7.91. The molecule has 1 aliphatic heterocycles. The second-order valence-electron chi connectivity index (χ2n) is 6.00. The van der Waals surface area contributed by atoms with E-state index >= 15 is 0 Å². The fourth-order valence-electron chi connectivity index (χ4n) is 3.22. The van der Waals surface area contributed by atoms with Crippen molar-refractivity contribution in [1.82, 2.24) is 9.88 Å². The summed E-state index contributed by atoms with van der Waals surface area (Å²) >= 11 is 0. The number of H-pyrrole nitrogens is 1. The molecule has 0 saturated carbocycles. The van der Waals surface area contributed by atoms with Gasteiger partial charge in [-0.1, -0.05) is 18.2 Å². The minimum absolute atomic E-state index is 0.221. The first kappa shape index (κ1) is 15.1. The van der Waals surface area contributed by atoms with Gasteiger partial charge in [0.2, 0.25) is 5.91 Å². The highest BCUT2D eigenvalue weighted by molar-refractivity contribution is 6.22. The molecule has 0 fully saturated rings. The maximum atomic E-state index is 12.6. The van der Waals surface area contributed by atoms with Crippen LogP contribution in [0.25, 0.3) is 10.9 Å². The Labute approximate surface area is 143 Å². The highest BCUT2D eigenvalue weighted by Crippen LogP contribution is 2.25. The molecule has 1 aromatic heterocycles. The molecule has 0 saturated heterocycles. The summed E-state index contributed by atoms with van der Waals surface area (Å²) < 4.78 is 0. The maximum Gasteiger partial charge on any atom is 0.261 e. The van der Waals surface area contributed by atoms with Gasteiger partial charge in [0, 0.05) is 29.2 Å². The van der Waals surface area contributed by atoms with Crippen molar-refractivity contribution in [1.29, 1.82) is 0 Å². The first-order valence-corrected chi connectivity index (χ1v) is 7.91. The van der Waals surface area contributed by atoms with Gasteiger partial charge in [0.1, 0.15) is 0 Å². The number of hydrogen-bond acceptors (Lipinski definition) is 3. The predicted octanol–water partition coefficient (Wildman–Crippen LogP) is 2.11. The number of hydrogen-bond donors (Lipinski definition) is 2. The van der Waals surface area contributed by atoms with Crippen molar-refractivity contribution in [3.8, 4) is 0 Å². The molecule has 0 unspecified atom stereocenters. The molecule has 0 aliphatic carbocycles. The normalized spacial score (nSPS) is 13.5. The SMILES string of the molecule is NC(=O)c1ccc2c(c1)C(=O)N(CCc1c[nH]c3ccccc13)C2=O. The number of amides is 3.